The summed E-state index contributed by atoms with van der Waals surface area (Å²) in [7, 11) is 0. The zero-order valence-electron chi connectivity index (χ0n) is 16.0. The highest BCUT2D eigenvalue weighted by atomic mass is 19.1. The van der Waals surface area contributed by atoms with E-state index in [1.807, 2.05) is 31.2 Å². The molecule has 0 aliphatic heterocycles. The molecule has 3 aromatic rings. The summed E-state index contributed by atoms with van der Waals surface area (Å²) in [5.74, 6) is -0.154. The van der Waals surface area contributed by atoms with Gasteiger partial charge in [0.15, 0.2) is 0 Å². The Morgan fingerprint density at radius 3 is 2.36 bits per heavy atom. The van der Waals surface area contributed by atoms with E-state index in [-0.39, 0.29) is 11.7 Å². The highest BCUT2D eigenvalue weighted by Gasteiger charge is 2.10. The van der Waals surface area contributed by atoms with Crippen LogP contribution in [-0.2, 0) is 12.8 Å². The standard InChI is InChI=1S/C22H23FN4O/c1-3-16-6-10-19(11-7-16)26-22-25-15(2)14-20(27-22)21(28)24-13-12-17-4-8-18(23)9-5-17/h4-11,14H,3,12-13H2,1-2H3,(H,24,28)(H,25,26,27). The molecule has 3 rings (SSSR count). The minimum Gasteiger partial charge on any atom is -0.350 e. The van der Waals surface area contributed by atoms with Crippen LogP contribution < -0.4 is 10.6 Å². The Bertz CT molecular complexity index is 940. The summed E-state index contributed by atoms with van der Waals surface area (Å²) < 4.78 is 12.9. The highest BCUT2D eigenvalue weighted by Crippen LogP contribution is 2.15. The molecule has 0 spiro atoms. The van der Waals surface area contributed by atoms with E-state index in [0.29, 0.717) is 30.3 Å². The second kappa shape index (κ2) is 9.08. The lowest BCUT2D eigenvalue weighted by Gasteiger charge is -2.09. The maximum absolute atomic E-state index is 12.9. The van der Waals surface area contributed by atoms with Gasteiger partial charge in [0, 0.05) is 17.9 Å². The van der Waals surface area contributed by atoms with Crippen molar-refractivity contribution in [3.63, 3.8) is 0 Å². The van der Waals surface area contributed by atoms with Crippen LogP contribution in [0.3, 0.4) is 0 Å². The van der Waals surface area contributed by atoms with Gasteiger partial charge in [-0.05, 0) is 61.2 Å². The number of amides is 1. The molecule has 28 heavy (non-hydrogen) atoms. The van der Waals surface area contributed by atoms with Crippen LogP contribution in [0.15, 0.2) is 54.6 Å². The molecule has 2 aromatic carbocycles. The second-order valence-corrected chi connectivity index (χ2v) is 6.53. The van der Waals surface area contributed by atoms with Crippen molar-refractivity contribution in [3.8, 4) is 0 Å². The van der Waals surface area contributed by atoms with E-state index in [0.717, 1.165) is 17.7 Å². The summed E-state index contributed by atoms with van der Waals surface area (Å²) in [6.07, 6.45) is 1.59. The SMILES string of the molecule is CCc1ccc(Nc2nc(C)cc(C(=O)NCCc3ccc(F)cc3)n2)cc1. The first-order chi connectivity index (χ1) is 13.5. The van der Waals surface area contributed by atoms with Crippen LogP contribution in [0.1, 0.15) is 34.2 Å². The molecule has 5 nitrogen and oxygen atoms in total. The van der Waals surface area contributed by atoms with Crippen LogP contribution in [0, 0.1) is 12.7 Å². The molecule has 2 N–H and O–H groups in total. The second-order valence-electron chi connectivity index (χ2n) is 6.53. The third-order valence-corrected chi connectivity index (χ3v) is 4.32. The summed E-state index contributed by atoms with van der Waals surface area (Å²) in [4.78, 5) is 21.1. The average molecular weight is 378 g/mol. The van der Waals surface area contributed by atoms with Gasteiger partial charge in [-0.2, -0.15) is 0 Å². The number of carbonyl (C=O) groups is 1. The van der Waals surface area contributed by atoms with Gasteiger partial charge < -0.3 is 10.6 Å². The van der Waals surface area contributed by atoms with Crippen molar-refractivity contribution in [1.82, 2.24) is 15.3 Å². The molecule has 0 radical (unpaired) electrons. The molecule has 0 saturated heterocycles. The Morgan fingerprint density at radius 2 is 1.68 bits per heavy atom. The van der Waals surface area contributed by atoms with Gasteiger partial charge in [0.2, 0.25) is 5.95 Å². The number of benzene rings is 2. The molecule has 1 aromatic heterocycles. The first-order valence-electron chi connectivity index (χ1n) is 9.28. The van der Waals surface area contributed by atoms with Crippen molar-refractivity contribution in [2.45, 2.75) is 26.7 Å². The number of anilines is 2. The Hall–Kier alpha value is -3.28. The number of carbonyl (C=O) groups excluding carboxylic acids is 1. The van der Waals surface area contributed by atoms with Crippen molar-refractivity contribution in [2.24, 2.45) is 0 Å². The molecule has 0 bridgehead atoms. The number of nitrogens with zero attached hydrogens (tertiary/aromatic N) is 2. The molecule has 6 heteroatoms. The van der Waals surface area contributed by atoms with Crippen LogP contribution in [0.5, 0.6) is 0 Å². The molecule has 0 saturated carbocycles. The number of nitrogens with one attached hydrogen (secondary N) is 2. The molecule has 0 fully saturated rings. The van der Waals surface area contributed by atoms with E-state index in [2.05, 4.69) is 27.5 Å². The van der Waals surface area contributed by atoms with Gasteiger partial charge in [-0.3, -0.25) is 4.79 Å². The number of halogens is 1. The molecule has 0 atom stereocenters. The third kappa shape index (κ3) is 5.36. The molecule has 0 aliphatic rings. The third-order valence-electron chi connectivity index (χ3n) is 4.32. The molecular formula is C22H23FN4O. The topological polar surface area (TPSA) is 66.9 Å². The van der Waals surface area contributed by atoms with E-state index in [1.54, 1.807) is 18.2 Å². The largest absolute Gasteiger partial charge is 0.350 e. The van der Waals surface area contributed by atoms with Gasteiger partial charge in [-0.15, -0.1) is 0 Å². The van der Waals surface area contributed by atoms with Gasteiger partial charge in [-0.25, -0.2) is 14.4 Å². The van der Waals surface area contributed by atoms with Gasteiger partial charge >= 0.3 is 0 Å². The lowest BCUT2D eigenvalue weighted by atomic mass is 10.1. The Morgan fingerprint density at radius 1 is 1.00 bits per heavy atom. The fraction of sp³-hybridized carbons (Fsp3) is 0.227. The monoisotopic (exact) mass is 378 g/mol. The summed E-state index contributed by atoms with van der Waals surface area (Å²) in [5, 5.41) is 5.99. The predicted molar refractivity (Wildman–Crippen MR) is 108 cm³/mol. The smallest absolute Gasteiger partial charge is 0.270 e. The van der Waals surface area contributed by atoms with Crippen molar-refractivity contribution >= 4 is 17.5 Å². The first-order valence-corrected chi connectivity index (χ1v) is 9.28. The molecule has 1 amide bonds. The molecule has 0 aliphatic carbocycles. The predicted octanol–water partition coefficient (Wildman–Crippen LogP) is 4.20. The van der Waals surface area contributed by atoms with Gasteiger partial charge in [0.05, 0.1) is 0 Å². The van der Waals surface area contributed by atoms with Crippen molar-refractivity contribution in [1.29, 1.82) is 0 Å². The normalized spacial score (nSPS) is 10.5. The van der Waals surface area contributed by atoms with Crippen molar-refractivity contribution < 1.29 is 9.18 Å². The van der Waals surface area contributed by atoms with E-state index in [9.17, 15) is 9.18 Å². The highest BCUT2D eigenvalue weighted by molar-refractivity contribution is 5.92. The number of aryl methyl sites for hydroxylation is 2. The Labute approximate surface area is 164 Å². The average Bonchev–Trinajstić information content (AvgIpc) is 2.69. The zero-order valence-corrected chi connectivity index (χ0v) is 16.0. The van der Waals surface area contributed by atoms with E-state index in [1.165, 1.54) is 17.7 Å². The molecule has 144 valence electrons. The number of hydrogen-bond donors (Lipinski definition) is 2. The lowest BCUT2D eigenvalue weighted by molar-refractivity contribution is 0.0949. The molecule has 1 heterocycles. The zero-order chi connectivity index (χ0) is 19.9. The number of aromatic nitrogens is 2. The number of hydrogen-bond acceptors (Lipinski definition) is 4. The van der Waals surface area contributed by atoms with Crippen LogP contribution in [0.25, 0.3) is 0 Å². The summed E-state index contributed by atoms with van der Waals surface area (Å²) in [6.45, 7) is 4.37. The summed E-state index contributed by atoms with van der Waals surface area (Å²) in [6, 6.07) is 15.9. The van der Waals surface area contributed by atoms with Crippen LogP contribution in [-0.4, -0.2) is 22.4 Å². The quantitative estimate of drug-likeness (QED) is 0.647. The van der Waals surface area contributed by atoms with Crippen molar-refractivity contribution in [2.75, 3.05) is 11.9 Å². The lowest BCUT2D eigenvalue weighted by Crippen LogP contribution is -2.27. The maximum atomic E-state index is 12.9. The molecular weight excluding hydrogens is 355 g/mol. The van der Waals surface area contributed by atoms with Crippen LogP contribution in [0.4, 0.5) is 16.0 Å². The Balaban J connectivity index is 1.62. The van der Waals surface area contributed by atoms with E-state index in [4.69, 9.17) is 0 Å². The van der Waals surface area contributed by atoms with E-state index >= 15 is 0 Å². The minimum atomic E-state index is -0.270. The van der Waals surface area contributed by atoms with E-state index < -0.39 is 0 Å². The van der Waals surface area contributed by atoms with Gasteiger partial charge in [-0.1, -0.05) is 31.2 Å². The van der Waals surface area contributed by atoms with Gasteiger partial charge in [0.25, 0.3) is 5.91 Å². The fourth-order valence-corrected chi connectivity index (χ4v) is 2.76. The summed E-state index contributed by atoms with van der Waals surface area (Å²) in [5.41, 5.74) is 4.08. The number of rotatable bonds is 7. The maximum Gasteiger partial charge on any atom is 0.270 e. The van der Waals surface area contributed by atoms with Crippen LogP contribution in [0.2, 0.25) is 0 Å². The first kappa shape index (κ1) is 19.5. The van der Waals surface area contributed by atoms with Crippen LogP contribution >= 0.6 is 0 Å². The fourth-order valence-electron chi connectivity index (χ4n) is 2.76. The summed E-state index contributed by atoms with van der Waals surface area (Å²) >= 11 is 0. The minimum absolute atomic E-state index is 0.267. The van der Waals surface area contributed by atoms with Gasteiger partial charge in [0.1, 0.15) is 11.5 Å². The van der Waals surface area contributed by atoms with Crippen molar-refractivity contribution in [3.05, 3.63) is 82.9 Å². The molecule has 0 unspecified atom stereocenters. The Kier molecular flexibility index (Phi) is 6.32.